The summed E-state index contributed by atoms with van der Waals surface area (Å²) in [5.74, 6) is 0. The minimum atomic E-state index is 0.0521. The first-order valence-corrected chi connectivity index (χ1v) is 21.6. The van der Waals surface area contributed by atoms with Crippen LogP contribution in [0.15, 0.2) is 224 Å². The molecular weight excluding hydrogens is 749 g/mol. The molecule has 10 aromatic rings. The summed E-state index contributed by atoms with van der Waals surface area (Å²) in [5.41, 5.74) is 17.2. The van der Waals surface area contributed by atoms with Crippen molar-refractivity contribution in [3.05, 3.63) is 258 Å². The van der Waals surface area contributed by atoms with Gasteiger partial charge in [-0.05, 0) is 121 Å². The van der Waals surface area contributed by atoms with Gasteiger partial charge in [0.25, 0.3) is 0 Å². The molecule has 62 heavy (non-hydrogen) atoms. The van der Waals surface area contributed by atoms with Crippen LogP contribution in [0.5, 0.6) is 0 Å². The Bertz CT molecular complexity index is 3470. The molecule has 1 aliphatic carbocycles. The molecule has 0 spiro atoms. The largest absolute Gasteiger partial charge is 0.374 e. The molecule has 1 aliphatic heterocycles. The Balaban J connectivity index is 1.00. The van der Waals surface area contributed by atoms with Crippen LogP contribution in [0.3, 0.4) is 0 Å². The van der Waals surface area contributed by atoms with Crippen molar-refractivity contribution in [3.63, 3.8) is 0 Å². The molecule has 1 atom stereocenters. The first-order valence-electron chi connectivity index (χ1n) is 21.6. The van der Waals surface area contributed by atoms with E-state index in [9.17, 15) is 0 Å². The Morgan fingerprint density at radius 1 is 0.484 bits per heavy atom. The van der Waals surface area contributed by atoms with E-state index >= 15 is 0 Å². The molecule has 12 rings (SSSR count). The topological polar surface area (TPSA) is 17.0 Å². The van der Waals surface area contributed by atoms with Crippen molar-refractivity contribution in [1.82, 2.24) is 9.88 Å². The summed E-state index contributed by atoms with van der Waals surface area (Å²) >= 11 is 0. The van der Waals surface area contributed by atoms with Gasteiger partial charge in [-0.2, -0.15) is 0 Å². The van der Waals surface area contributed by atoms with Gasteiger partial charge in [0.2, 0.25) is 0 Å². The van der Waals surface area contributed by atoms with Gasteiger partial charge in [-0.15, -0.1) is 0 Å². The number of benzene rings is 9. The van der Waals surface area contributed by atoms with Crippen LogP contribution in [0.2, 0.25) is 0 Å². The van der Waals surface area contributed by atoms with Crippen LogP contribution in [0.4, 0.5) is 0 Å². The van der Waals surface area contributed by atoms with E-state index in [1.807, 2.05) is 0 Å². The zero-order valence-corrected chi connectivity index (χ0v) is 34.2. The number of nitrogens with zero attached hydrogens (tertiary/aromatic N) is 1. The first-order chi connectivity index (χ1) is 30.7. The third kappa shape index (κ3) is 6.19. The lowest BCUT2D eigenvalue weighted by molar-refractivity contribution is 0.767. The third-order valence-electron chi connectivity index (χ3n) is 12.9. The number of allylic oxidation sites excluding steroid dienone is 5. The summed E-state index contributed by atoms with van der Waals surface area (Å²) in [7, 11) is 0. The lowest BCUT2D eigenvalue weighted by Crippen LogP contribution is -2.21. The molecule has 2 aliphatic rings. The standard InChI is InChI=1S/C60H42N2/c1-4-15-40(16-5-1)44-21-14-22-45-36-47(28-27-46(45)35-44)48-31-34-58-55(37-48)59-53-25-12-10-23-51(53)52-24-11-13-26-54(52)60(59)62(58)50-32-29-41(30-33-50)49-38-56(42-17-6-2-7-18-42)61-57(39-49)43-19-8-3-9-20-43/h1-34,36-39,56,61H,35H2. The normalized spacial score (nSPS) is 14.9. The first kappa shape index (κ1) is 36.0. The number of dihydropyridines is 1. The highest BCUT2D eigenvalue weighted by molar-refractivity contribution is 6.32. The molecule has 1 unspecified atom stereocenters. The second-order valence-electron chi connectivity index (χ2n) is 16.5. The van der Waals surface area contributed by atoms with Crippen LogP contribution in [0.25, 0.3) is 83.1 Å². The molecule has 292 valence electrons. The minimum Gasteiger partial charge on any atom is -0.374 e. The van der Waals surface area contributed by atoms with Gasteiger partial charge in [0, 0.05) is 27.5 Å². The maximum atomic E-state index is 3.81. The average molecular weight is 791 g/mol. The van der Waals surface area contributed by atoms with Crippen molar-refractivity contribution >= 4 is 66.3 Å². The van der Waals surface area contributed by atoms with Crippen molar-refractivity contribution in [3.8, 4) is 16.8 Å². The van der Waals surface area contributed by atoms with Crippen LogP contribution in [0, 0.1) is 0 Å². The zero-order valence-electron chi connectivity index (χ0n) is 34.2. The van der Waals surface area contributed by atoms with E-state index in [1.165, 1.54) is 99.0 Å². The van der Waals surface area contributed by atoms with Crippen LogP contribution in [0.1, 0.15) is 39.4 Å². The second-order valence-corrected chi connectivity index (χ2v) is 16.5. The van der Waals surface area contributed by atoms with Gasteiger partial charge in [-0.25, -0.2) is 0 Å². The van der Waals surface area contributed by atoms with Crippen molar-refractivity contribution in [1.29, 1.82) is 0 Å². The van der Waals surface area contributed by atoms with Crippen molar-refractivity contribution in [2.45, 2.75) is 12.5 Å². The van der Waals surface area contributed by atoms with Crippen molar-refractivity contribution in [2.75, 3.05) is 0 Å². The van der Waals surface area contributed by atoms with E-state index < -0.39 is 0 Å². The summed E-state index contributed by atoms with van der Waals surface area (Å²) in [6.07, 6.45) is 12.3. The van der Waals surface area contributed by atoms with E-state index in [2.05, 4.69) is 240 Å². The fourth-order valence-corrected chi connectivity index (χ4v) is 9.84. The quantitative estimate of drug-likeness (QED) is 0.166. The van der Waals surface area contributed by atoms with Crippen LogP contribution in [-0.4, -0.2) is 4.57 Å². The number of fused-ring (bicyclic) bond motifs is 9. The van der Waals surface area contributed by atoms with Crippen LogP contribution >= 0.6 is 0 Å². The Morgan fingerprint density at radius 2 is 1.10 bits per heavy atom. The predicted octanol–water partition coefficient (Wildman–Crippen LogP) is 15.2. The number of hydrogen-bond acceptors (Lipinski definition) is 1. The highest BCUT2D eigenvalue weighted by atomic mass is 15.0. The number of hydrogen-bond donors (Lipinski definition) is 1. The molecule has 2 nitrogen and oxygen atoms in total. The molecule has 0 saturated carbocycles. The van der Waals surface area contributed by atoms with E-state index in [-0.39, 0.29) is 6.04 Å². The smallest absolute Gasteiger partial charge is 0.0707 e. The molecule has 2 heteroatoms. The van der Waals surface area contributed by atoms with E-state index in [4.69, 9.17) is 0 Å². The van der Waals surface area contributed by atoms with E-state index in [0.717, 1.165) is 17.8 Å². The van der Waals surface area contributed by atoms with Gasteiger partial charge in [0.1, 0.15) is 0 Å². The number of nitrogens with one attached hydrogen (secondary N) is 1. The molecular formula is C60H42N2. The molecule has 2 heterocycles. The van der Waals surface area contributed by atoms with Gasteiger partial charge < -0.3 is 9.88 Å². The summed E-state index contributed by atoms with van der Waals surface area (Å²) in [5, 5.41) is 11.4. The Kier molecular flexibility index (Phi) is 8.67. The van der Waals surface area contributed by atoms with Gasteiger partial charge in [-0.3, -0.25) is 0 Å². The van der Waals surface area contributed by atoms with Crippen LogP contribution in [-0.2, 0) is 6.42 Å². The zero-order chi connectivity index (χ0) is 41.0. The fraction of sp³-hybridized carbons (Fsp3) is 0.0333. The lowest BCUT2D eigenvalue weighted by atomic mass is 9.93. The Labute approximate surface area is 361 Å². The van der Waals surface area contributed by atoms with Gasteiger partial charge in [-0.1, -0.05) is 188 Å². The van der Waals surface area contributed by atoms with Gasteiger partial charge >= 0.3 is 0 Å². The molecule has 1 aromatic heterocycles. The average Bonchev–Trinajstić information content (AvgIpc) is 3.54. The van der Waals surface area contributed by atoms with Crippen molar-refractivity contribution < 1.29 is 0 Å². The summed E-state index contributed by atoms with van der Waals surface area (Å²) < 4.78 is 2.50. The molecule has 0 radical (unpaired) electrons. The van der Waals surface area contributed by atoms with Gasteiger partial charge in [0.15, 0.2) is 0 Å². The molecule has 9 aromatic carbocycles. The fourth-order valence-electron chi connectivity index (χ4n) is 9.84. The SMILES string of the molecule is C1=Cc2cc(-c3ccc4c(c3)c3c5ccccc5c5ccccc5c3n4-c3ccc(C4=CC(c5ccccc5)NC(c5ccccc5)=C4)cc3)ccc2CC(c2ccccc2)=C1. The second kappa shape index (κ2) is 15.0. The third-order valence-corrected chi connectivity index (χ3v) is 12.9. The monoisotopic (exact) mass is 790 g/mol. The molecule has 0 fully saturated rings. The Hall–Kier alpha value is -7.94. The summed E-state index contributed by atoms with van der Waals surface area (Å²) in [4.78, 5) is 0. The molecule has 0 bridgehead atoms. The number of rotatable bonds is 6. The maximum absolute atomic E-state index is 3.81. The predicted molar refractivity (Wildman–Crippen MR) is 263 cm³/mol. The van der Waals surface area contributed by atoms with Gasteiger partial charge in [0.05, 0.1) is 17.1 Å². The lowest BCUT2D eigenvalue weighted by Gasteiger charge is -2.25. The maximum Gasteiger partial charge on any atom is 0.0707 e. The molecule has 0 saturated heterocycles. The van der Waals surface area contributed by atoms with E-state index in [1.54, 1.807) is 0 Å². The molecule has 1 N–H and O–H groups in total. The molecule has 0 amide bonds. The van der Waals surface area contributed by atoms with E-state index in [0.29, 0.717) is 0 Å². The van der Waals surface area contributed by atoms with Crippen molar-refractivity contribution in [2.24, 2.45) is 0 Å². The van der Waals surface area contributed by atoms with Crippen LogP contribution < -0.4 is 5.32 Å². The minimum absolute atomic E-state index is 0.0521. The Morgan fingerprint density at radius 3 is 1.85 bits per heavy atom. The summed E-state index contributed by atoms with van der Waals surface area (Å²) in [6.45, 7) is 0. The highest BCUT2D eigenvalue weighted by Gasteiger charge is 2.22. The highest BCUT2D eigenvalue weighted by Crippen LogP contribution is 2.44. The number of aromatic nitrogens is 1. The summed E-state index contributed by atoms with van der Waals surface area (Å²) in [6, 6.07) is 73.3.